The van der Waals surface area contributed by atoms with Crippen LogP contribution in [0.2, 0.25) is 0 Å². The molecule has 0 saturated carbocycles. The van der Waals surface area contributed by atoms with E-state index in [9.17, 15) is 10.0 Å². The van der Waals surface area contributed by atoms with E-state index < -0.39 is 0 Å². The van der Waals surface area contributed by atoms with Crippen molar-refractivity contribution in [3.63, 3.8) is 0 Å². The highest BCUT2D eigenvalue weighted by atomic mass is 16.5. The maximum absolute atomic E-state index is 11.7. The van der Waals surface area contributed by atoms with E-state index in [1.807, 2.05) is 26.0 Å². The van der Waals surface area contributed by atoms with E-state index in [-0.39, 0.29) is 11.3 Å². The molecular formula is C17H27NO2. The molecular weight excluding hydrogens is 250 g/mol. The lowest BCUT2D eigenvalue weighted by Gasteiger charge is -2.33. The van der Waals surface area contributed by atoms with Gasteiger partial charge in [0.05, 0.1) is 5.54 Å². The first-order chi connectivity index (χ1) is 9.27. The van der Waals surface area contributed by atoms with Crippen LogP contribution in [0.1, 0.15) is 60.3 Å². The molecule has 3 heteroatoms. The smallest absolute Gasteiger partial charge is 0.184 e. The quantitative estimate of drug-likeness (QED) is 0.578. The molecule has 0 aromatic heterocycles. The van der Waals surface area contributed by atoms with Gasteiger partial charge in [-0.2, -0.15) is 0 Å². The lowest BCUT2D eigenvalue weighted by molar-refractivity contribution is -0.121. The molecule has 0 amide bonds. The number of nitrogens with zero attached hydrogens (tertiary/aromatic N) is 1. The monoisotopic (exact) mass is 277 g/mol. The summed E-state index contributed by atoms with van der Waals surface area (Å²) < 4.78 is 0. The van der Waals surface area contributed by atoms with Crippen molar-refractivity contribution in [3.05, 3.63) is 35.1 Å². The highest BCUT2D eigenvalue weighted by Crippen LogP contribution is 2.24. The zero-order valence-electron chi connectivity index (χ0n) is 13.4. The Kier molecular flexibility index (Phi) is 5.75. The fourth-order valence-corrected chi connectivity index (χ4v) is 2.30. The van der Waals surface area contributed by atoms with Crippen molar-refractivity contribution >= 4 is 5.78 Å². The molecule has 0 bridgehead atoms. The number of Topliss-reactive ketones (excluding diaryl/α,β-unsaturated/α-hetero) is 1. The molecule has 3 nitrogen and oxygen atoms in total. The summed E-state index contributed by atoms with van der Waals surface area (Å²) in [5.41, 5.74) is 2.00. The zero-order chi connectivity index (χ0) is 15.3. The number of unbranched alkanes of at least 4 members (excludes halogenated alkanes) is 2. The molecule has 0 atom stereocenters. The molecule has 1 rings (SSSR count). The fourth-order valence-electron chi connectivity index (χ4n) is 2.30. The third kappa shape index (κ3) is 4.34. The fraction of sp³-hybridized carbons (Fsp3) is 0.588. The van der Waals surface area contributed by atoms with Gasteiger partial charge in [0.1, 0.15) is 0 Å². The van der Waals surface area contributed by atoms with Gasteiger partial charge in [-0.25, -0.2) is 0 Å². The number of hydrogen-bond acceptors (Lipinski definition) is 3. The van der Waals surface area contributed by atoms with Crippen LogP contribution in [0.15, 0.2) is 35.1 Å². The van der Waals surface area contributed by atoms with E-state index in [1.165, 1.54) is 17.9 Å². The van der Waals surface area contributed by atoms with Crippen LogP contribution < -0.4 is 0 Å². The van der Waals surface area contributed by atoms with Crippen molar-refractivity contribution in [2.75, 3.05) is 0 Å². The minimum atomic E-state index is -0.298. The number of hydrogen-bond donors (Lipinski definition) is 1. The van der Waals surface area contributed by atoms with Gasteiger partial charge in [0, 0.05) is 6.20 Å². The van der Waals surface area contributed by atoms with Gasteiger partial charge in [-0.1, -0.05) is 26.2 Å². The van der Waals surface area contributed by atoms with E-state index in [0.717, 1.165) is 18.4 Å². The normalized spacial score (nSPS) is 15.9. The third-order valence-corrected chi connectivity index (χ3v) is 3.77. The number of hydroxylamine groups is 2. The Morgan fingerprint density at radius 3 is 2.25 bits per heavy atom. The van der Waals surface area contributed by atoms with Crippen LogP contribution >= 0.6 is 0 Å². The van der Waals surface area contributed by atoms with Gasteiger partial charge < -0.3 is 0 Å². The standard InChI is InChI=1S/C17H27NO2/c1-6-7-8-9-17(4,5)18(20)12-15-10-13(2)16(19)14(3)11-15/h10-12,20H,6-9H2,1-5H3. The van der Waals surface area contributed by atoms with Gasteiger partial charge in [0.2, 0.25) is 0 Å². The molecule has 0 heterocycles. The molecule has 1 N–H and O–H groups in total. The number of ketones is 1. The maximum Gasteiger partial charge on any atom is 0.184 e. The van der Waals surface area contributed by atoms with E-state index in [2.05, 4.69) is 6.92 Å². The number of carbonyl (C=O) groups excluding carboxylic acids is 1. The van der Waals surface area contributed by atoms with Gasteiger partial charge in [-0.3, -0.25) is 15.1 Å². The van der Waals surface area contributed by atoms with E-state index in [1.54, 1.807) is 20.0 Å². The minimum Gasteiger partial charge on any atom is -0.289 e. The SMILES string of the molecule is CCCCCC(C)(C)N(O)C=C1C=C(C)C(=O)C(C)=C1. The number of allylic oxidation sites excluding steroid dienone is 5. The van der Waals surface area contributed by atoms with E-state index in [0.29, 0.717) is 11.1 Å². The summed E-state index contributed by atoms with van der Waals surface area (Å²) >= 11 is 0. The molecule has 112 valence electrons. The molecule has 20 heavy (non-hydrogen) atoms. The second-order valence-corrected chi connectivity index (χ2v) is 6.23. The summed E-state index contributed by atoms with van der Waals surface area (Å²) in [6.07, 6.45) is 9.75. The third-order valence-electron chi connectivity index (χ3n) is 3.77. The van der Waals surface area contributed by atoms with Crippen LogP contribution in [0.4, 0.5) is 0 Å². The van der Waals surface area contributed by atoms with Crippen molar-refractivity contribution in [3.8, 4) is 0 Å². The van der Waals surface area contributed by atoms with Crippen molar-refractivity contribution in [2.45, 2.75) is 65.8 Å². The number of rotatable bonds is 6. The zero-order valence-corrected chi connectivity index (χ0v) is 13.4. The van der Waals surface area contributed by atoms with Crippen LogP contribution in [-0.2, 0) is 4.79 Å². The van der Waals surface area contributed by atoms with Crippen molar-refractivity contribution in [2.24, 2.45) is 0 Å². The van der Waals surface area contributed by atoms with Crippen LogP contribution in [0.5, 0.6) is 0 Å². The molecule has 0 spiro atoms. The Hall–Kier alpha value is -1.35. The van der Waals surface area contributed by atoms with Gasteiger partial charge in [0.25, 0.3) is 0 Å². The summed E-state index contributed by atoms with van der Waals surface area (Å²) in [6, 6.07) is 0. The first-order valence-corrected chi connectivity index (χ1v) is 7.39. The topological polar surface area (TPSA) is 40.5 Å². The van der Waals surface area contributed by atoms with E-state index >= 15 is 0 Å². The van der Waals surface area contributed by atoms with Crippen molar-refractivity contribution in [1.82, 2.24) is 5.06 Å². The maximum atomic E-state index is 11.7. The highest BCUT2D eigenvalue weighted by molar-refractivity contribution is 6.09. The van der Waals surface area contributed by atoms with Gasteiger partial charge in [0.15, 0.2) is 5.78 Å². The molecule has 0 aromatic rings. The molecule has 0 aromatic carbocycles. The molecule has 1 aliphatic carbocycles. The Morgan fingerprint density at radius 1 is 1.20 bits per heavy atom. The highest BCUT2D eigenvalue weighted by Gasteiger charge is 2.23. The second kappa shape index (κ2) is 6.89. The molecule has 1 aliphatic rings. The predicted octanol–water partition coefficient (Wildman–Crippen LogP) is 4.40. The van der Waals surface area contributed by atoms with Crippen LogP contribution in [-0.4, -0.2) is 21.6 Å². The Morgan fingerprint density at radius 2 is 1.75 bits per heavy atom. The summed E-state index contributed by atoms with van der Waals surface area (Å²) in [5.74, 6) is 0.0776. The Balaban J connectivity index is 2.80. The second-order valence-electron chi connectivity index (χ2n) is 6.23. The Bertz CT molecular complexity index is 432. The average molecular weight is 277 g/mol. The van der Waals surface area contributed by atoms with Crippen LogP contribution in [0.3, 0.4) is 0 Å². The van der Waals surface area contributed by atoms with Crippen LogP contribution in [0.25, 0.3) is 0 Å². The largest absolute Gasteiger partial charge is 0.289 e. The van der Waals surface area contributed by atoms with Crippen LogP contribution in [0, 0.1) is 0 Å². The van der Waals surface area contributed by atoms with Crippen molar-refractivity contribution in [1.29, 1.82) is 0 Å². The average Bonchev–Trinajstić information content (AvgIpc) is 2.36. The van der Waals surface area contributed by atoms with Gasteiger partial charge in [-0.05, 0) is 63.0 Å². The Labute approximate surface area is 122 Å². The summed E-state index contributed by atoms with van der Waals surface area (Å²) in [5, 5.41) is 11.6. The summed E-state index contributed by atoms with van der Waals surface area (Å²) in [7, 11) is 0. The molecule has 0 aliphatic heterocycles. The van der Waals surface area contributed by atoms with E-state index in [4.69, 9.17) is 0 Å². The summed E-state index contributed by atoms with van der Waals surface area (Å²) in [6.45, 7) is 9.84. The lowest BCUT2D eigenvalue weighted by atomic mass is 9.94. The predicted molar refractivity (Wildman–Crippen MR) is 82.5 cm³/mol. The molecule has 0 unspecified atom stereocenters. The minimum absolute atomic E-state index is 0.0776. The van der Waals surface area contributed by atoms with Crippen molar-refractivity contribution < 1.29 is 10.0 Å². The van der Waals surface area contributed by atoms with Gasteiger partial charge in [-0.15, -0.1) is 0 Å². The molecule has 0 fully saturated rings. The first-order valence-electron chi connectivity index (χ1n) is 7.39. The number of carbonyl (C=O) groups is 1. The first kappa shape index (κ1) is 16.7. The van der Waals surface area contributed by atoms with Gasteiger partial charge >= 0.3 is 0 Å². The molecule has 0 saturated heterocycles. The molecule has 0 radical (unpaired) electrons. The summed E-state index contributed by atoms with van der Waals surface area (Å²) in [4.78, 5) is 11.7. The lowest BCUT2D eigenvalue weighted by Crippen LogP contribution is -2.38.